The van der Waals surface area contributed by atoms with Gasteiger partial charge in [0.15, 0.2) is 0 Å². The molecule has 1 aliphatic rings. The first-order valence-corrected chi connectivity index (χ1v) is 6.57. The Hall–Kier alpha value is -0.0800. The molecule has 1 saturated carbocycles. The largest absolute Gasteiger partial charge is 0.396 e. The maximum absolute atomic E-state index is 8.91. The van der Waals surface area contributed by atoms with Crippen molar-refractivity contribution in [2.75, 3.05) is 19.7 Å². The molecule has 0 amide bonds. The molecular formula is C13H27NO. The third kappa shape index (κ3) is 4.98. The van der Waals surface area contributed by atoms with Crippen molar-refractivity contribution in [1.82, 2.24) is 5.32 Å². The van der Waals surface area contributed by atoms with E-state index in [0.717, 1.165) is 24.9 Å². The second-order valence-electron chi connectivity index (χ2n) is 5.25. The van der Waals surface area contributed by atoms with Crippen molar-refractivity contribution in [1.29, 1.82) is 0 Å². The van der Waals surface area contributed by atoms with E-state index in [9.17, 15) is 0 Å². The van der Waals surface area contributed by atoms with Crippen LogP contribution in [0.25, 0.3) is 0 Å². The lowest BCUT2D eigenvalue weighted by Gasteiger charge is -2.28. The van der Waals surface area contributed by atoms with Gasteiger partial charge in [-0.15, -0.1) is 0 Å². The summed E-state index contributed by atoms with van der Waals surface area (Å²) in [5, 5.41) is 12.4. The van der Waals surface area contributed by atoms with Gasteiger partial charge in [-0.05, 0) is 43.7 Å². The highest BCUT2D eigenvalue weighted by Gasteiger charge is 2.20. The fraction of sp³-hybridized carbons (Fsp3) is 1.00. The lowest BCUT2D eigenvalue weighted by atomic mass is 9.80. The summed E-state index contributed by atoms with van der Waals surface area (Å²) in [5.74, 6) is 2.26. The monoisotopic (exact) mass is 213 g/mol. The van der Waals surface area contributed by atoms with Crippen LogP contribution in [0, 0.1) is 17.8 Å². The number of aliphatic hydroxyl groups is 1. The highest BCUT2D eigenvalue weighted by atomic mass is 16.3. The van der Waals surface area contributed by atoms with Crippen molar-refractivity contribution in [3.05, 3.63) is 0 Å². The first-order valence-electron chi connectivity index (χ1n) is 6.57. The molecule has 0 aromatic carbocycles. The maximum Gasteiger partial charge on any atom is 0.0468 e. The number of rotatable bonds is 6. The van der Waals surface area contributed by atoms with Crippen LogP contribution in [0.1, 0.15) is 46.0 Å². The Morgan fingerprint density at radius 1 is 1.33 bits per heavy atom. The first-order chi connectivity index (χ1) is 7.26. The molecule has 0 radical (unpaired) electrons. The standard InChI is InChI=1S/C13H27NO/c1-3-12-5-4-6-13(7-12)9-14-8-11(2)10-15/h11-15H,3-10H2,1-2H3. The Morgan fingerprint density at radius 2 is 2.07 bits per heavy atom. The molecule has 0 aromatic rings. The van der Waals surface area contributed by atoms with Crippen LogP contribution in [0.4, 0.5) is 0 Å². The smallest absolute Gasteiger partial charge is 0.0468 e. The van der Waals surface area contributed by atoms with Gasteiger partial charge in [0.05, 0.1) is 0 Å². The van der Waals surface area contributed by atoms with Gasteiger partial charge >= 0.3 is 0 Å². The highest BCUT2D eigenvalue weighted by molar-refractivity contribution is 4.74. The van der Waals surface area contributed by atoms with E-state index in [1.54, 1.807) is 0 Å². The minimum atomic E-state index is 0.301. The highest BCUT2D eigenvalue weighted by Crippen LogP contribution is 2.30. The number of hydrogen-bond donors (Lipinski definition) is 2. The summed E-state index contributed by atoms with van der Waals surface area (Å²) >= 11 is 0. The molecule has 15 heavy (non-hydrogen) atoms. The lowest BCUT2D eigenvalue weighted by molar-refractivity contribution is 0.221. The Labute approximate surface area is 94.5 Å². The van der Waals surface area contributed by atoms with Crippen molar-refractivity contribution in [2.24, 2.45) is 17.8 Å². The Morgan fingerprint density at radius 3 is 2.73 bits per heavy atom. The topological polar surface area (TPSA) is 32.3 Å². The van der Waals surface area contributed by atoms with Gasteiger partial charge in [0, 0.05) is 6.61 Å². The SMILES string of the molecule is CCC1CCCC(CNCC(C)CO)C1. The van der Waals surface area contributed by atoms with Gasteiger partial charge in [-0.3, -0.25) is 0 Å². The van der Waals surface area contributed by atoms with Gasteiger partial charge in [-0.1, -0.05) is 33.1 Å². The summed E-state index contributed by atoms with van der Waals surface area (Å²) in [6.45, 7) is 6.82. The summed E-state index contributed by atoms with van der Waals surface area (Å²) in [4.78, 5) is 0. The van der Waals surface area contributed by atoms with Gasteiger partial charge in [-0.2, -0.15) is 0 Å². The molecule has 0 aliphatic heterocycles. The van der Waals surface area contributed by atoms with E-state index in [1.807, 2.05) is 0 Å². The molecule has 1 aliphatic carbocycles. The van der Waals surface area contributed by atoms with E-state index >= 15 is 0 Å². The fourth-order valence-corrected chi connectivity index (χ4v) is 2.56. The van der Waals surface area contributed by atoms with Gasteiger partial charge < -0.3 is 10.4 Å². The van der Waals surface area contributed by atoms with E-state index in [0.29, 0.717) is 12.5 Å². The average molecular weight is 213 g/mol. The molecule has 0 bridgehead atoms. The molecule has 0 aromatic heterocycles. The predicted octanol–water partition coefficient (Wildman–Crippen LogP) is 2.42. The van der Waals surface area contributed by atoms with E-state index in [4.69, 9.17) is 5.11 Å². The molecule has 0 saturated heterocycles. The summed E-state index contributed by atoms with van der Waals surface area (Å²) in [6, 6.07) is 0. The van der Waals surface area contributed by atoms with Gasteiger partial charge in [-0.25, -0.2) is 0 Å². The summed E-state index contributed by atoms with van der Waals surface area (Å²) in [6.07, 6.45) is 7.03. The quantitative estimate of drug-likeness (QED) is 0.710. The zero-order valence-corrected chi connectivity index (χ0v) is 10.3. The number of aliphatic hydroxyl groups excluding tert-OH is 1. The van der Waals surface area contributed by atoms with Crippen LogP contribution in [0.15, 0.2) is 0 Å². The van der Waals surface area contributed by atoms with Crippen molar-refractivity contribution in [3.63, 3.8) is 0 Å². The molecule has 1 fully saturated rings. The molecule has 2 N–H and O–H groups in total. The molecule has 0 heterocycles. The van der Waals surface area contributed by atoms with E-state index in [2.05, 4.69) is 19.2 Å². The molecular weight excluding hydrogens is 186 g/mol. The van der Waals surface area contributed by atoms with Crippen molar-refractivity contribution >= 4 is 0 Å². The number of nitrogens with one attached hydrogen (secondary N) is 1. The zero-order chi connectivity index (χ0) is 11.1. The summed E-state index contributed by atoms with van der Waals surface area (Å²) in [5.41, 5.74) is 0. The second kappa shape index (κ2) is 7.24. The van der Waals surface area contributed by atoms with Crippen LogP contribution < -0.4 is 5.32 Å². The van der Waals surface area contributed by atoms with E-state index < -0.39 is 0 Å². The van der Waals surface area contributed by atoms with Crippen molar-refractivity contribution < 1.29 is 5.11 Å². The summed E-state index contributed by atoms with van der Waals surface area (Å²) in [7, 11) is 0. The molecule has 90 valence electrons. The normalized spacial score (nSPS) is 29.0. The molecule has 0 spiro atoms. The molecule has 2 nitrogen and oxygen atoms in total. The molecule has 2 heteroatoms. The number of hydrogen-bond acceptors (Lipinski definition) is 2. The van der Waals surface area contributed by atoms with Crippen LogP contribution >= 0.6 is 0 Å². The Bertz CT molecular complexity index is 161. The fourth-order valence-electron chi connectivity index (χ4n) is 2.56. The van der Waals surface area contributed by atoms with Crippen LogP contribution in [-0.2, 0) is 0 Å². The first kappa shape index (κ1) is 13.0. The van der Waals surface area contributed by atoms with E-state index in [1.165, 1.54) is 32.1 Å². The predicted molar refractivity (Wildman–Crippen MR) is 64.9 cm³/mol. The maximum atomic E-state index is 8.91. The lowest BCUT2D eigenvalue weighted by Crippen LogP contribution is -2.31. The molecule has 1 rings (SSSR count). The van der Waals surface area contributed by atoms with Gasteiger partial charge in [0.1, 0.15) is 0 Å². The van der Waals surface area contributed by atoms with Crippen molar-refractivity contribution in [2.45, 2.75) is 46.0 Å². The second-order valence-corrected chi connectivity index (χ2v) is 5.25. The van der Waals surface area contributed by atoms with Gasteiger partial charge in [0.2, 0.25) is 0 Å². The molecule has 3 unspecified atom stereocenters. The van der Waals surface area contributed by atoms with Crippen LogP contribution in [-0.4, -0.2) is 24.8 Å². The Kier molecular flexibility index (Phi) is 6.26. The zero-order valence-electron chi connectivity index (χ0n) is 10.3. The minimum Gasteiger partial charge on any atom is -0.396 e. The third-order valence-electron chi connectivity index (χ3n) is 3.71. The van der Waals surface area contributed by atoms with Gasteiger partial charge in [0.25, 0.3) is 0 Å². The van der Waals surface area contributed by atoms with Crippen LogP contribution in [0.2, 0.25) is 0 Å². The van der Waals surface area contributed by atoms with Crippen LogP contribution in [0.3, 0.4) is 0 Å². The summed E-state index contributed by atoms with van der Waals surface area (Å²) < 4.78 is 0. The Balaban J connectivity index is 2.10. The minimum absolute atomic E-state index is 0.301. The molecule has 3 atom stereocenters. The average Bonchev–Trinajstić information content (AvgIpc) is 2.29. The third-order valence-corrected chi connectivity index (χ3v) is 3.71. The van der Waals surface area contributed by atoms with Crippen molar-refractivity contribution in [3.8, 4) is 0 Å². The van der Waals surface area contributed by atoms with E-state index in [-0.39, 0.29) is 0 Å². The van der Waals surface area contributed by atoms with Crippen LogP contribution in [0.5, 0.6) is 0 Å².